The van der Waals surface area contributed by atoms with E-state index in [4.69, 9.17) is 4.42 Å². The summed E-state index contributed by atoms with van der Waals surface area (Å²) in [6.45, 7) is 4.93. The lowest BCUT2D eigenvalue weighted by atomic mass is 10.0. The molecule has 1 aromatic heterocycles. The van der Waals surface area contributed by atoms with E-state index in [-0.39, 0.29) is 17.9 Å². The van der Waals surface area contributed by atoms with E-state index in [1.807, 2.05) is 24.0 Å². The van der Waals surface area contributed by atoms with Crippen molar-refractivity contribution in [1.82, 2.24) is 10.2 Å². The van der Waals surface area contributed by atoms with Crippen molar-refractivity contribution in [2.45, 2.75) is 32.4 Å². The molecule has 1 aliphatic rings. The van der Waals surface area contributed by atoms with E-state index in [1.54, 1.807) is 0 Å². The zero-order chi connectivity index (χ0) is 17.3. The first kappa shape index (κ1) is 16.6. The molecule has 6 heteroatoms. The second-order valence-electron chi connectivity index (χ2n) is 6.29. The standard InChI is InChI=1S/C18H20F2N2O2/c1-11-3-6-18(24-11)15-9-22(10-17(15)21-12(2)23)8-13-4-5-14(19)7-16(13)20/h3-7,15,17H,8-10H2,1-2H3,(H,21,23)/t15-,17-/m1/s1. The van der Waals surface area contributed by atoms with Crippen molar-refractivity contribution in [3.05, 3.63) is 59.1 Å². The topological polar surface area (TPSA) is 45.5 Å². The largest absolute Gasteiger partial charge is 0.466 e. The molecule has 1 amide bonds. The first-order valence-electron chi connectivity index (χ1n) is 7.92. The van der Waals surface area contributed by atoms with E-state index in [1.165, 1.54) is 19.1 Å². The van der Waals surface area contributed by atoms with Crippen LogP contribution in [0.2, 0.25) is 0 Å². The monoisotopic (exact) mass is 334 g/mol. The highest BCUT2D eigenvalue weighted by Crippen LogP contribution is 2.30. The molecule has 2 heterocycles. The summed E-state index contributed by atoms with van der Waals surface area (Å²) >= 11 is 0. The van der Waals surface area contributed by atoms with Crippen LogP contribution >= 0.6 is 0 Å². The van der Waals surface area contributed by atoms with Crippen molar-refractivity contribution in [2.24, 2.45) is 0 Å². The third-order valence-electron chi connectivity index (χ3n) is 4.32. The minimum absolute atomic E-state index is 0.00566. The van der Waals surface area contributed by atoms with Crippen LogP contribution in [0.25, 0.3) is 0 Å². The quantitative estimate of drug-likeness (QED) is 0.935. The van der Waals surface area contributed by atoms with E-state index < -0.39 is 11.6 Å². The smallest absolute Gasteiger partial charge is 0.217 e. The Hall–Kier alpha value is -2.21. The van der Waals surface area contributed by atoms with Gasteiger partial charge < -0.3 is 9.73 Å². The van der Waals surface area contributed by atoms with Crippen molar-refractivity contribution in [3.8, 4) is 0 Å². The molecule has 1 fully saturated rings. The Morgan fingerprint density at radius 2 is 2.08 bits per heavy atom. The molecule has 1 N–H and O–H groups in total. The van der Waals surface area contributed by atoms with Gasteiger partial charge in [-0.05, 0) is 25.1 Å². The minimum Gasteiger partial charge on any atom is -0.466 e. The summed E-state index contributed by atoms with van der Waals surface area (Å²) in [4.78, 5) is 13.5. The maximum Gasteiger partial charge on any atom is 0.217 e. The molecule has 0 saturated carbocycles. The molecule has 1 aliphatic heterocycles. The van der Waals surface area contributed by atoms with Gasteiger partial charge in [-0.15, -0.1) is 0 Å². The first-order chi connectivity index (χ1) is 11.4. The van der Waals surface area contributed by atoms with E-state index in [2.05, 4.69) is 5.32 Å². The Morgan fingerprint density at radius 3 is 2.71 bits per heavy atom. The molecule has 2 aromatic rings. The number of nitrogens with one attached hydrogen (secondary N) is 1. The number of benzene rings is 1. The Labute approximate surface area is 139 Å². The van der Waals surface area contributed by atoms with Gasteiger partial charge in [0.05, 0.1) is 12.0 Å². The van der Waals surface area contributed by atoms with Crippen LogP contribution in [0.4, 0.5) is 8.78 Å². The fraction of sp³-hybridized carbons (Fsp3) is 0.389. The summed E-state index contributed by atoms with van der Waals surface area (Å²) in [5.41, 5.74) is 0.439. The number of likely N-dealkylation sites (tertiary alicyclic amines) is 1. The third kappa shape index (κ3) is 3.64. The van der Waals surface area contributed by atoms with E-state index >= 15 is 0 Å². The highest BCUT2D eigenvalue weighted by atomic mass is 19.1. The van der Waals surface area contributed by atoms with Gasteiger partial charge in [0, 0.05) is 38.2 Å². The number of aryl methyl sites for hydroxylation is 1. The van der Waals surface area contributed by atoms with Crippen molar-refractivity contribution in [3.63, 3.8) is 0 Å². The average molecular weight is 334 g/mol. The fourth-order valence-corrected chi connectivity index (χ4v) is 3.25. The number of rotatable bonds is 4. The number of amides is 1. The van der Waals surface area contributed by atoms with Crippen LogP contribution in [0, 0.1) is 18.6 Å². The molecule has 4 nitrogen and oxygen atoms in total. The first-order valence-corrected chi connectivity index (χ1v) is 7.92. The lowest BCUT2D eigenvalue weighted by Crippen LogP contribution is -2.38. The van der Waals surface area contributed by atoms with Crippen molar-refractivity contribution in [2.75, 3.05) is 13.1 Å². The number of halogens is 2. The summed E-state index contributed by atoms with van der Waals surface area (Å²) in [7, 11) is 0. The minimum atomic E-state index is -0.585. The van der Waals surface area contributed by atoms with Crippen LogP contribution in [0.1, 0.15) is 29.9 Å². The highest BCUT2D eigenvalue weighted by Gasteiger charge is 2.36. The zero-order valence-electron chi connectivity index (χ0n) is 13.7. The molecule has 0 aliphatic carbocycles. The van der Waals surface area contributed by atoms with Crippen LogP contribution < -0.4 is 5.32 Å². The number of hydrogen-bond acceptors (Lipinski definition) is 3. The molecule has 0 radical (unpaired) electrons. The van der Waals surface area contributed by atoms with E-state index in [9.17, 15) is 13.6 Å². The molecule has 1 saturated heterocycles. The number of carbonyl (C=O) groups excluding carboxylic acids is 1. The predicted octanol–water partition coefficient (Wildman–Crippen LogP) is 2.97. The molecule has 128 valence electrons. The molecule has 1 aromatic carbocycles. The van der Waals surface area contributed by atoms with Gasteiger partial charge in [-0.25, -0.2) is 8.78 Å². The van der Waals surface area contributed by atoms with Gasteiger partial charge in [0.25, 0.3) is 0 Å². The summed E-state index contributed by atoms with van der Waals surface area (Å²) in [5.74, 6) is 0.387. The second kappa shape index (κ2) is 6.73. The highest BCUT2D eigenvalue weighted by molar-refractivity contribution is 5.73. The van der Waals surface area contributed by atoms with Crippen molar-refractivity contribution in [1.29, 1.82) is 0 Å². The van der Waals surface area contributed by atoms with Gasteiger partial charge in [0.2, 0.25) is 5.91 Å². The van der Waals surface area contributed by atoms with Gasteiger partial charge in [-0.1, -0.05) is 6.07 Å². The van der Waals surface area contributed by atoms with Crippen LogP contribution in [0.5, 0.6) is 0 Å². The van der Waals surface area contributed by atoms with E-state index in [0.29, 0.717) is 25.2 Å². The number of carbonyl (C=O) groups is 1. The summed E-state index contributed by atoms with van der Waals surface area (Å²) < 4.78 is 32.6. The van der Waals surface area contributed by atoms with Crippen LogP contribution in [-0.2, 0) is 11.3 Å². The van der Waals surface area contributed by atoms with Crippen LogP contribution in [0.15, 0.2) is 34.7 Å². The Kier molecular flexibility index (Phi) is 4.66. The van der Waals surface area contributed by atoms with Crippen LogP contribution in [-0.4, -0.2) is 29.9 Å². The Morgan fingerprint density at radius 1 is 1.29 bits per heavy atom. The predicted molar refractivity (Wildman–Crippen MR) is 85.4 cm³/mol. The molecule has 24 heavy (non-hydrogen) atoms. The normalized spacial score (nSPS) is 21.2. The SMILES string of the molecule is CC(=O)N[C@@H]1CN(Cc2ccc(F)cc2F)C[C@H]1c1ccc(C)o1. The van der Waals surface area contributed by atoms with Crippen molar-refractivity contribution >= 4 is 5.91 Å². The lowest BCUT2D eigenvalue weighted by molar-refractivity contribution is -0.119. The van der Waals surface area contributed by atoms with Crippen LogP contribution in [0.3, 0.4) is 0 Å². The van der Waals surface area contributed by atoms with Gasteiger partial charge in [-0.3, -0.25) is 9.69 Å². The van der Waals surface area contributed by atoms with Crippen molar-refractivity contribution < 1.29 is 18.0 Å². The zero-order valence-corrected chi connectivity index (χ0v) is 13.7. The molecular formula is C18H20F2N2O2. The molecule has 0 bridgehead atoms. The molecule has 0 spiro atoms. The Bertz CT molecular complexity index is 744. The number of hydrogen-bond donors (Lipinski definition) is 1. The second-order valence-corrected chi connectivity index (χ2v) is 6.29. The van der Waals surface area contributed by atoms with Gasteiger partial charge >= 0.3 is 0 Å². The third-order valence-corrected chi connectivity index (χ3v) is 4.32. The fourth-order valence-electron chi connectivity index (χ4n) is 3.25. The van der Waals surface area contributed by atoms with Gasteiger partial charge in [-0.2, -0.15) is 0 Å². The average Bonchev–Trinajstić information content (AvgIpc) is 3.08. The number of nitrogens with zero attached hydrogens (tertiary/aromatic N) is 1. The Balaban J connectivity index is 1.77. The number of furan rings is 1. The molecule has 0 unspecified atom stereocenters. The summed E-state index contributed by atoms with van der Waals surface area (Å²) in [6, 6.07) is 7.32. The summed E-state index contributed by atoms with van der Waals surface area (Å²) in [5, 5.41) is 2.94. The lowest BCUT2D eigenvalue weighted by Gasteiger charge is -2.17. The molecule has 2 atom stereocenters. The van der Waals surface area contributed by atoms with Gasteiger partial charge in [0.15, 0.2) is 0 Å². The maximum absolute atomic E-state index is 13.9. The van der Waals surface area contributed by atoms with Gasteiger partial charge in [0.1, 0.15) is 23.2 Å². The maximum atomic E-state index is 13.9. The summed E-state index contributed by atoms with van der Waals surface area (Å²) in [6.07, 6.45) is 0. The van der Waals surface area contributed by atoms with E-state index in [0.717, 1.165) is 17.6 Å². The molecular weight excluding hydrogens is 314 g/mol. The molecule has 3 rings (SSSR count).